The molecule has 0 aliphatic heterocycles. The highest BCUT2D eigenvalue weighted by atomic mass is 35.5. The zero-order valence-electron chi connectivity index (χ0n) is 7.69. The molecular formula is C8H17ClN2O2. The van der Waals surface area contributed by atoms with Gasteiger partial charge in [0.1, 0.15) is 6.10 Å². The van der Waals surface area contributed by atoms with E-state index in [2.05, 4.69) is 5.32 Å². The van der Waals surface area contributed by atoms with Gasteiger partial charge in [-0.05, 0) is 19.3 Å². The Morgan fingerprint density at radius 1 is 1.69 bits per heavy atom. The highest BCUT2D eigenvalue weighted by Crippen LogP contribution is 2.18. The molecule has 0 aromatic rings. The van der Waals surface area contributed by atoms with E-state index in [9.17, 15) is 9.90 Å². The van der Waals surface area contributed by atoms with Crippen LogP contribution in [-0.2, 0) is 4.79 Å². The van der Waals surface area contributed by atoms with E-state index in [1.807, 2.05) is 6.92 Å². The quantitative estimate of drug-likeness (QED) is 0.598. The van der Waals surface area contributed by atoms with Crippen LogP contribution in [0.1, 0.15) is 26.2 Å². The standard InChI is InChI=1S/C8H16N2O2.ClH/c1-2-6(9)7(11)8(12)10-5-3-4-5;/h5-7,11H,2-4,9H2,1H3,(H,10,12);1H. The molecule has 5 heteroatoms. The number of rotatable bonds is 4. The molecule has 2 atom stereocenters. The van der Waals surface area contributed by atoms with Crippen molar-refractivity contribution < 1.29 is 9.90 Å². The van der Waals surface area contributed by atoms with Gasteiger partial charge in [-0.25, -0.2) is 0 Å². The summed E-state index contributed by atoms with van der Waals surface area (Å²) in [5, 5.41) is 12.0. The van der Waals surface area contributed by atoms with Gasteiger partial charge in [0.05, 0.1) is 0 Å². The summed E-state index contributed by atoms with van der Waals surface area (Å²) in [6.07, 6.45) is 1.62. The van der Waals surface area contributed by atoms with Crippen LogP contribution >= 0.6 is 12.4 Å². The lowest BCUT2D eigenvalue weighted by Gasteiger charge is -2.16. The van der Waals surface area contributed by atoms with Gasteiger partial charge >= 0.3 is 0 Å². The van der Waals surface area contributed by atoms with Crippen LogP contribution in [0.25, 0.3) is 0 Å². The Labute approximate surface area is 84.3 Å². The second-order valence-corrected chi connectivity index (χ2v) is 3.30. The summed E-state index contributed by atoms with van der Waals surface area (Å²) >= 11 is 0. The number of hydrogen-bond acceptors (Lipinski definition) is 3. The van der Waals surface area contributed by atoms with Gasteiger partial charge in [0.15, 0.2) is 0 Å². The molecule has 0 aromatic heterocycles. The van der Waals surface area contributed by atoms with E-state index >= 15 is 0 Å². The lowest BCUT2D eigenvalue weighted by Crippen LogP contribution is -2.46. The third kappa shape index (κ3) is 3.93. The number of aliphatic hydroxyl groups excluding tert-OH is 1. The molecule has 0 radical (unpaired) electrons. The van der Waals surface area contributed by atoms with Gasteiger partial charge in [-0.15, -0.1) is 12.4 Å². The molecule has 2 unspecified atom stereocenters. The normalized spacial score (nSPS) is 19.9. The second kappa shape index (κ2) is 5.42. The number of halogens is 1. The SMILES string of the molecule is CCC(N)C(O)C(=O)NC1CC1.Cl. The van der Waals surface area contributed by atoms with Gasteiger partial charge in [-0.3, -0.25) is 4.79 Å². The van der Waals surface area contributed by atoms with Crippen molar-refractivity contribution in [3.05, 3.63) is 0 Å². The van der Waals surface area contributed by atoms with Crippen molar-refractivity contribution in [2.75, 3.05) is 0 Å². The number of hydrogen-bond donors (Lipinski definition) is 3. The highest BCUT2D eigenvalue weighted by Gasteiger charge is 2.28. The molecule has 78 valence electrons. The number of nitrogens with one attached hydrogen (secondary N) is 1. The topological polar surface area (TPSA) is 75.3 Å². The molecular weight excluding hydrogens is 192 g/mol. The van der Waals surface area contributed by atoms with E-state index in [0.717, 1.165) is 12.8 Å². The fourth-order valence-electron chi connectivity index (χ4n) is 0.932. The van der Waals surface area contributed by atoms with Gasteiger partial charge in [-0.1, -0.05) is 6.92 Å². The van der Waals surface area contributed by atoms with Gasteiger partial charge in [0, 0.05) is 12.1 Å². The van der Waals surface area contributed by atoms with Gasteiger partial charge < -0.3 is 16.2 Å². The maximum atomic E-state index is 11.2. The van der Waals surface area contributed by atoms with E-state index in [1.54, 1.807) is 0 Å². The summed E-state index contributed by atoms with van der Waals surface area (Å²) in [4.78, 5) is 11.2. The molecule has 4 nitrogen and oxygen atoms in total. The molecule has 13 heavy (non-hydrogen) atoms. The van der Waals surface area contributed by atoms with E-state index in [4.69, 9.17) is 5.73 Å². The molecule has 1 aliphatic carbocycles. The predicted molar refractivity (Wildman–Crippen MR) is 52.7 cm³/mol. The summed E-state index contributed by atoms with van der Waals surface area (Å²) in [7, 11) is 0. The molecule has 0 aromatic carbocycles. The minimum atomic E-state index is -1.05. The summed E-state index contributed by atoms with van der Waals surface area (Å²) in [5.41, 5.74) is 5.50. The minimum absolute atomic E-state index is 0. The zero-order chi connectivity index (χ0) is 9.14. The van der Waals surface area contributed by atoms with Crippen LogP contribution in [0.5, 0.6) is 0 Å². The maximum Gasteiger partial charge on any atom is 0.250 e. The van der Waals surface area contributed by atoms with Crippen LogP contribution in [0.3, 0.4) is 0 Å². The summed E-state index contributed by atoms with van der Waals surface area (Å²) in [5.74, 6) is -0.327. The molecule has 4 N–H and O–H groups in total. The summed E-state index contributed by atoms with van der Waals surface area (Å²) in [6, 6.07) is -0.153. The minimum Gasteiger partial charge on any atom is -0.382 e. The maximum absolute atomic E-state index is 11.2. The molecule has 0 saturated heterocycles. The smallest absolute Gasteiger partial charge is 0.250 e. The first-order chi connectivity index (χ1) is 5.65. The summed E-state index contributed by atoms with van der Waals surface area (Å²) < 4.78 is 0. The number of nitrogens with two attached hydrogens (primary N) is 1. The van der Waals surface area contributed by atoms with Crippen molar-refractivity contribution in [3.63, 3.8) is 0 Å². The third-order valence-corrected chi connectivity index (χ3v) is 2.07. The molecule has 1 saturated carbocycles. The molecule has 0 bridgehead atoms. The highest BCUT2D eigenvalue weighted by molar-refractivity contribution is 5.85. The first-order valence-corrected chi connectivity index (χ1v) is 4.39. The second-order valence-electron chi connectivity index (χ2n) is 3.30. The third-order valence-electron chi connectivity index (χ3n) is 2.07. The molecule has 1 aliphatic rings. The molecule has 0 heterocycles. The van der Waals surface area contributed by atoms with Crippen molar-refractivity contribution in [1.82, 2.24) is 5.32 Å². The fourth-order valence-corrected chi connectivity index (χ4v) is 0.932. The van der Waals surface area contributed by atoms with Crippen LogP contribution in [0, 0.1) is 0 Å². The van der Waals surface area contributed by atoms with E-state index < -0.39 is 12.1 Å². The Hall–Kier alpha value is -0.320. The Morgan fingerprint density at radius 3 is 2.62 bits per heavy atom. The van der Waals surface area contributed by atoms with Crippen molar-refractivity contribution >= 4 is 18.3 Å². The first kappa shape index (κ1) is 12.7. The molecule has 1 fully saturated rings. The van der Waals surface area contributed by atoms with E-state index in [1.165, 1.54) is 0 Å². The van der Waals surface area contributed by atoms with Crippen LogP contribution < -0.4 is 11.1 Å². The van der Waals surface area contributed by atoms with Crippen LogP contribution in [0.15, 0.2) is 0 Å². The number of amides is 1. The summed E-state index contributed by atoms with van der Waals surface area (Å²) in [6.45, 7) is 1.85. The zero-order valence-corrected chi connectivity index (χ0v) is 8.51. The van der Waals surface area contributed by atoms with Gasteiger partial charge in [0.2, 0.25) is 0 Å². The fraction of sp³-hybridized carbons (Fsp3) is 0.875. The number of carbonyl (C=O) groups is 1. The molecule has 0 spiro atoms. The molecule has 1 rings (SSSR count). The monoisotopic (exact) mass is 208 g/mol. The van der Waals surface area contributed by atoms with E-state index in [0.29, 0.717) is 6.42 Å². The van der Waals surface area contributed by atoms with Crippen LogP contribution in [0.4, 0.5) is 0 Å². The van der Waals surface area contributed by atoms with Gasteiger partial charge in [0.25, 0.3) is 5.91 Å². The first-order valence-electron chi connectivity index (χ1n) is 4.39. The average Bonchev–Trinajstić information content (AvgIpc) is 2.85. The Bertz CT molecular complexity index is 174. The Kier molecular flexibility index (Phi) is 5.29. The number of carbonyl (C=O) groups excluding carboxylic acids is 1. The van der Waals surface area contributed by atoms with Crippen molar-refractivity contribution in [3.8, 4) is 0 Å². The number of aliphatic hydroxyl groups is 1. The Morgan fingerprint density at radius 2 is 2.23 bits per heavy atom. The lowest BCUT2D eigenvalue weighted by molar-refractivity contribution is -0.130. The van der Waals surface area contributed by atoms with Crippen LogP contribution in [-0.4, -0.2) is 29.2 Å². The van der Waals surface area contributed by atoms with Crippen molar-refractivity contribution in [1.29, 1.82) is 0 Å². The predicted octanol–water partition coefficient (Wildman–Crippen LogP) is -0.215. The van der Waals surface area contributed by atoms with Crippen LogP contribution in [0.2, 0.25) is 0 Å². The Balaban J connectivity index is 0.00000144. The molecule has 1 amide bonds. The van der Waals surface area contributed by atoms with Crippen molar-refractivity contribution in [2.24, 2.45) is 5.73 Å². The van der Waals surface area contributed by atoms with Gasteiger partial charge in [-0.2, -0.15) is 0 Å². The van der Waals surface area contributed by atoms with Crippen molar-refractivity contribution in [2.45, 2.75) is 44.4 Å². The van der Waals surface area contributed by atoms with E-state index in [-0.39, 0.29) is 24.4 Å². The lowest BCUT2D eigenvalue weighted by atomic mass is 10.1. The largest absolute Gasteiger partial charge is 0.382 e. The average molecular weight is 209 g/mol.